The number of ether oxygens (including phenoxy) is 1. The zero-order valence-corrected chi connectivity index (χ0v) is 11.5. The van der Waals surface area contributed by atoms with Gasteiger partial charge in [0.1, 0.15) is 11.5 Å². The van der Waals surface area contributed by atoms with Crippen LogP contribution in [-0.4, -0.2) is 4.98 Å². The fourth-order valence-electron chi connectivity index (χ4n) is 2.04. The Morgan fingerprint density at radius 2 is 2.00 bits per heavy atom. The zero-order chi connectivity index (χ0) is 13.9. The summed E-state index contributed by atoms with van der Waals surface area (Å²) in [4.78, 5) is 4.31. The second-order valence-electron chi connectivity index (χ2n) is 4.42. The minimum absolute atomic E-state index is 0.377. The Hall–Kier alpha value is -2.10. The highest BCUT2D eigenvalue weighted by molar-refractivity contribution is 6.30. The van der Waals surface area contributed by atoms with E-state index in [1.165, 1.54) is 0 Å². The topological polar surface area (TPSA) is 48.1 Å². The second kappa shape index (κ2) is 5.49. The number of hydrogen-bond donors (Lipinski definition) is 1. The van der Waals surface area contributed by atoms with E-state index in [4.69, 9.17) is 22.1 Å². The normalized spacial score (nSPS) is 10.7. The van der Waals surface area contributed by atoms with Gasteiger partial charge < -0.3 is 10.5 Å². The Balaban J connectivity index is 1.96. The van der Waals surface area contributed by atoms with Crippen LogP contribution in [0.3, 0.4) is 0 Å². The number of hydrogen-bond acceptors (Lipinski definition) is 3. The zero-order valence-electron chi connectivity index (χ0n) is 10.7. The van der Waals surface area contributed by atoms with Gasteiger partial charge in [-0.2, -0.15) is 0 Å². The number of benzene rings is 2. The summed E-state index contributed by atoms with van der Waals surface area (Å²) in [6, 6.07) is 15.2. The van der Waals surface area contributed by atoms with Crippen LogP contribution in [-0.2, 0) is 6.54 Å². The highest BCUT2D eigenvalue weighted by atomic mass is 35.5. The van der Waals surface area contributed by atoms with Crippen molar-refractivity contribution < 1.29 is 4.74 Å². The lowest BCUT2D eigenvalue weighted by atomic mass is 10.2. The van der Waals surface area contributed by atoms with E-state index in [1.807, 2.05) is 42.5 Å². The van der Waals surface area contributed by atoms with Crippen LogP contribution in [0.15, 0.2) is 54.7 Å². The summed E-state index contributed by atoms with van der Waals surface area (Å²) >= 11 is 5.96. The molecule has 0 aliphatic heterocycles. The molecule has 3 aromatic rings. The molecule has 3 rings (SSSR count). The van der Waals surface area contributed by atoms with Crippen molar-refractivity contribution in [1.82, 2.24) is 4.98 Å². The van der Waals surface area contributed by atoms with Gasteiger partial charge in [0.25, 0.3) is 0 Å². The lowest BCUT2D eigenvalue weighted by Crippen LogP contribution is -1.99. The van der Waals surface area contributed by atoms with Crippen LogP contribution in [0.2, 0.25) is 5.02 Å². The van der Waals surface area contributed by atoms with E-state index in [2.05, 4.69) is 4.98 Å². The third-order valence-electron chi connectivity index (χ3n) is 3.05. The Bertz CT molecular complexity index is 758. The first kappa shape index (κ1) is 12.9. The lowest BCUT2D eigenvalue weighted by molar-refractivity contribution is 0.477. The van der Waals surface area contributed by atoms with E-state index in [1.54, 1.807) is 12.3 Å². The summed E-state index contributed by atoms with van der Waals surface area (Å²) in [5.74, 6) is 1.44. The first-order valence-electron chi connectivity index (χ1n) is 6.27. The third-order valence-corrected chi connectivity index (χ3v) is 3.28. The maximum atomic E-state index is 5.96. The monoisotopic (exact) mass is 284 g/mol. The van der Waals surface area contributed by atoms with E-state index in [-0.39, 0.29) is 0 Å². The van der Waals surface area contributed by atoms with Crippen LogP contribution in [0, 0.1) is 0 Å². The summed E-state index contributed by atoms with van der Waals surface area (Å²) in [5, 5.41) is 1.73. The van der Waals surface area contributed by atoms with Crippen LogP contribution in [0.1, 0.15) is 5.56 Å². The molecular weight excluding hydrogens is 272 g/mol. The van der Waals surface area contributed by atoms with Crippen LogP contribution < -0.4 is 10.5 Å². The summed E-state index contributed by atoms with van der Waals surface area (Å²) in [6.45, 7) is 0.377. The molecule has 2 N–H and O–H groups in total. The average molecular weight is 285 g/mol. The van der Waals surface area contributed by atoms with Gasteiger partial charge in [-0.1, -0.05) is 17.7 Å². The van der Waals surface area contributed by atoms with Crippen LogP contribution >= 0.6 is 11.6 Å². The largest absolute Gasteiger partial charge is 0.457 e. The Morgan fingerprint density at radius 1 is 1.10 bits per heavy atom. The predicted molar refractivity (Wildman–Crippen MR) is 81.2 cm³/mol. The number of nitrogens with two attached hydrogens (primary N) is 1. The van der Waals surface area contributed by atoms with Crippen molar-refractivity contribution in [1.29, 1.82) is 0 Å². The molecular formula is C16H13ClN2O. The number of fused-ring (bicyclic) bond motifs is 1. The second-order valence-corrected chi connectivity index (χ2v) is 4.85. The van der Waals surface area contributed by atoms with E-state index in [0.717, 1.165) is 22.2 Å². The smallest absolute Gasteiger partial charge is 0.132 e. The van der Waals surface area contributed by atoms with E-state index < -0.39 is 0 Å². The fraction of sp³-hybridized carbons (Fsp3) is 0.0625. The molecule has 0 radical (unpaired) electrons. The van der Waals surface area contributed by atoms with Gasteiger partial charge in [0.15, 0.2) is 0 Å². The fourth-order valence-corrected chi connectivity index (χ4v) is 2.24. The van der Waals surface area contributed by atoms with Gasteiger partial charge in [0.2, 0.25) is 0 Å². The molecule has 0 atom stereocenters. The molecule has 20 heavy (non-hydrogen) atoms. The van der Waals surface area contributed by atoms with Gasteiger partial charge in [-0.05, 0) is 36.4 Å². The van der Waals surface area contributed by atoms with E-state index >= 15 is 0 Å². The molecule has 3 nitrogen and oxygen atoms in total. The van der Waals surface area contributed by atoms with Gasteiger partial charge in [-0.25, -0.2) is 0 Å². The van der Waals surface area contributed by atoms with Gasteiger partial charge in [0, 0.05) is 34.8 Å². The predicted octanol–water partition coefficient (Wildman–Crippen LogP) is 4.14. The number of aromatic nitrogens is 1. The quantitative estimate of drug-likeness (QED) is 0.786. The van der Waals surface area contributed by atoms with Crippen molar-refractivity contribution in [3.05, 3.63) is 65.3 Å². The lowest BCUT2D eigenvalue weighted by Gasteiger charge is -2.10. The van der Waals surface area contributed by atoms with Crippen LogP contribution in [0.4, 0.5) is 0 Å². The molecule has 4 heteroatoms. The standard InChI is InChI=1S/C16H13ClN2O/c17-13-4-6-16(12(8-13)10-18)20-14-5-3-11-2-1-7-19-15(11)9-14/h1-9H,10,18H2. The summed E-state index contributed by atoms with van der Waals surface area (Å²) in [5.41, 5.74) is 7.48. The molecule has 100 valence electrons. The van der Waals surface area contributed by atoms with Crippen molar-refractivity contribution in [3.8, 4) is 11.5 Å². The molecule has 0 fully saturated rings. The SMILES string of the molecule is NCc1cc(Cl)ccc1Oc1ccc2cccnc2c1. The first-order chi connectivity index (χ1) is 9.76. The van der Waals surface area contributed by atoms with Crippen molar-refractivity contribution in [2.75, 3.05) is 0 Å². The van der Waals surface area contributed by atoms with Crippen molar-refractivity contribution >= 4 is 22.5 Å². The number of nitrogens with zero attached hydrogens (tertiary/aromatic N) is 1. The van der Waals surface area contributed by atoms with Gasteiger partial charge >= 0.3 is 0 Å². The van der Waals surface area contributed by atoms with Crippen LogP contribution in [0.25, 0.3) is 10.9 Å². The molecule has 2 aromatic carbocycles. The van der Waals surface area contributed by atoms with Crippen LogP contribution in [0.5, 0.6) is 11.5 Å². The molecule has 0 spiro atoms. The molecule has 0 bridgehead atoms. The highest BCUT2D eigenvalue weighted by Gasteiger charge is 2.05. The molecule has 0 saturated heterocycles. The number of pyridine rings is 1. The molecule has 0 saturated carbocycles. The Morgan fingerprint density at radius 3 is 2.85 bits per heavy atom. The molecule has 0 aliphatic rings. The summed E-state index contributed by atoms with van der Waals surface area (Å²) < 4.78 is 5.88. The molecule has 1 aromatic heterocycles. The molecule has 0 aliphatic carbocycles. The first-order valence-corrected chi connectivity index (χ1v) is 6.65. The van der Waals surface area contributed by atoms with Gasteiger partial charge in [-0.3, -0.25) is 4.98 Å². The molecule has 0 unspecified atom stereocenters. The Labute approximate surface area is 122 Å². The van der Waals surface area contributed by atoms with Crippen molar-refractivity contribution in [2.24, 2.45) is 5.73 Å². The van der Waals surface area contributed by atoms with Gasteiger partial charge in [0.05, 0.1) is 5.52 Å². The Kier molecular flexibility index (Phi) is 3.54. The van der Waals surface area contributed by atoms with Crippen molar-refractivity contribution in [3.63, 3.8) is 0 Å². The van der Waals surface area contributed by atoms with E-state index in [9.17, 15) is 0 Å². The summed E-state index contributed by atoms with van der Waals surface area (Å²) in [6.07, 6.45) is 1.76. The minimum atomic E-state index is 0.377. The third kappa shape index (κ3) is 2.59. The number of rotatable bonds is 3. The average Bonchev–Trinajstić information content (AvgIpc) is 2.49. The molecule has 0 amide bonds. The van der Waals surface area contributed by atoms with E-state index in [0.29, 0.717) is 17.3 Å². The minimum Gasteiger partial charge on any atom is -0.457 e. The maximum absolute atomic E-state index is 5.96. The number of halogens is 1. The molecule has 1 heterocycles. The maximum Gasteiger partial charge on any atom is 0.132 e. The summed E-state index contributed by atoms with van der Waals surface area (Å²) in [7, 11) is 0. The van der Waals surface area contributed by atoms with Crippen molar-refractivity contribution in [2.45, 2.75) is 6.54 Å². The highest BCUT2D eigenvalue weighted by Crippen LogP contribution is 2.29. The van der Waals surface area contributed by atoms with Gasteiger partial charge in [-0.15, -0.1) is 0 Å².